The third-order valence-electron chi connectivity index (χ3n) is 2.41. The zero-order valence-electron chi connectivity index (χ0n) is 8.22. The van der Waals surface area contributed by atoms with Crippen LogP contribution in [0.25, 0.3) is 10.9 Å². The van der Waals surface area contributed by atoms with E-state index in [1.165, 1.54) is 0 Å². The summed E-state index contributed by atoms with van der Waals surface area (Å²) in [7, 11) is 0. The topological polar surface area (TPSA) is 38.0 Å². The van der Waals surface area contributed by atoms with Gasteiger partial charge in [-0.25, -0.2) is 0 Å². The number of aliphatic hydroxyl groups is 1. The molecule has 0 aliphatic carbocycles. The van der Waals surface area contributed by atoms with Crippen molar-refractivity contribution in [2.75, 3.05) is 0 Å². The number of rotatable bonds is 3. The van der Waals surface area contributed by atoms with E-state index in [1.54, 1.807) is 0 Å². The molecule has 0 saturated heterocycles. The molecule has 1 heterocycles. The van der Waals surface area contributed by atoms with Crippen LogP contribution < -0.4 is 0 Å². The van der Waals surface area contributed by atoms with Gasteiger partial charge in [0, 0.05) is 5.39 Å². The second-order valence-corrected chi connectivity index (χ2v) is 3.45. The molecule has 1 aromatic heterocycles. The van der Waals surface area contributed by atoms with E-state index in [0.717, 1.165) is 17.3 Å². The molecule has 0 spiro atoms. The highest BCUT2D eigenvalue weighted by molar-refractivity contribution is 5.78. The Morgan fingerprint density at radius 1 is 1.43 bits per heavy atom. The van der Waals surface area contributed by atoms with Crippen LogP contribution in [0.4, 0.5) is 0 Å². The average Bonchev–Trinajstić information content (AvgIpc) is 2.62. The van der Waals surface area contributed by atoms with Crippen molar-refractivity contribution in [3.8, 4) is 0 Å². The molecule has 0 amide bonds. The molecule has 0 bridgehead atoms. The standard InChI is InChI=1S/C11H14N2O/c1-2-10(14)8-13-11-6-4-3-5-9(11)7-12-13/h3-7,10,14H,2,8H2,1H3. The predicted molar refractivity (Wildman–Crippen MR) is 56.0 cm³/mol. The van der Waals surface area contributed by atoms with E-state index in [1.807, 2.05) is 42.1 Å². The smallest absolute Gasteiger partial charge is 0.0733 e. The monoisotopic (exact) mass is 190 g/mol. The minimum absolute atomic E-state index is 0.307. The molecule has 3 heteroatoms. The summed E-state index contributed by atoms with van der Waals surface area (Å²) >= 11 is 0. The fourth-order valence-electron chi connectivity index (χ4n) is 1.50. The second kappa shape index (κ2) is 3.80. The van der Waals surface area contributed by atoms with Crippen LogP contribution in [0.5, 0.6) is 0 Å². The van der Waals surface area contributed by atoms with Crippen LogP contribution in [-0.2, 0) is 6.54 Å². The largest absolute Gasteiger partial charge is 0.391 e. The first-order valence-corrected chi connectivity index (χ1v) is 4.90. The second-order valence-electron chi connectivity index (χ2n) is 3.45. The summed E-state index contributed by atoms with van der Waals surface area (Å²) in [5.74, 6) is 0. The van der Waals surface area contributed by atoms with Crippen molar-refractivity contribution in [3.05, 3.63) is 30.5 Å². The molecule has 2 aromatic rings. The van der Waals surface area contributed by atoms with Crippen LogP contribution >= 0.6 is 0 Å². The Morgan fingerprint density at radius 3 is 3.00 bits per heavy atom. The molecule has 0 fully saturated rings. The third-order valence-corrected chi connectivity index (χ3v) is 2.41. The van der Waals surface area contributed by atoms with Crippen LogP contribution in [0.15, 0.2) is 30.5 Å². The Hall–Kier alpha value is -1.35. The Kier molecular flexibility index (Phi) is 2.50. The van der Waals surface area contributed by atoms with Gasteiger partial charge in [-0.05, 0) is 12.5 Å². The lowest BCUT2D eigenvalue weighted by atomic mass is 10.2. The van der Waals surface area contributed by atoms with Crippen molar-refractivity contribution >= 4 is 10.9 Å². The highest BCUT2D eigenvalue weighted by Crippen LogP contribution is 2.13. The quantitative estimate of drug-likeness (QED) is 0.801. The molecule has 2 rings (SSSR count). The maximum absolute atomic E-state index is 9.53. The molecule has 3 nitrogen and oxygen atoms in total. The van der Waals surface area contributed by atoms with Gasteiger partial charge in [0.25, 0.3) is 0 Å². The maximum atomic E-state index is 9.53. The number of para-hydroxylation sites is 1. The molecule has 1 unspecified atom stereocenters. The lowest BCUT2D eigenvalue weighted by Crippen LogP contribution is -2.15. The zero-order chi connectivity index (χ0) is 9.97. The van der Waals surface area contributed by atoms with Crippen LogP contribution in [-0.4, -0.2) is 21.0 Å². The van der Waals surface area contributed by atoms with E-state index in [9.17, 15) is 5.11 Å². The Balaban J connectivity index is 2.33. The summed E-state index contributed by atoms with van der Waals surface area (Å²) in [6.07, 6.45) is 2.28. The van der Waals surface area contributed by atoms with Gasteiger partial charge in [-0.2, -0.15) is 5.10 Å². The molecular formula is C11H14N2O. The first-order chi connectivity index (χ1) is 6.81. The van der Waals surface area contributed by atoms with Gasteiger partial charge in [-0.3, -0.25) is 4.68 Å². The summed E-state index contributed by atoms with van der Waals surface area (Å²) in [5.41, 5.74) is 1.08. The van der Waals surface area contributed by atoms with E-state index >= 15 is 0 Å². The molecule has 1 N–H and O–H groups in total. The van der Waals surface area contributed by atoms with Gasteiger partial charge in [-0.15, -0.1) is 0 Å². The van der Waals surface area contributed by atoms with Gasteiger partial charge in [0.15, 0.2) is 0 Å². The summed E-state index contributed by atoms with van der Waals surface area (Å²) in [4.78, 5) is 0. The van der Waals surface area contributed by atoms with E-state index in [4.69, 9.17) is 0 Å². The van der Waals surface area contributed by atoms with Crippen LogP contribution in [0, 0.1) is 0 Å². The number of hydrogen-bond acceptors (Lipinski definition) is 2. The van der Waals surface area contributed by atoms with Crippen LogP contribution in [0.1, 0.15) is 13.3 Å². The number of aromatic nitrogens is 2. The minimum atomic E-state index is -0.307. The summed E-state index contributed by atoms with van der Waals surface area (Å²) in [6.45, 7) is 2.54. The Bertz CT molecular complexity index is 422. The van der Waals surface area contributed by atoms with Crippen molar-refractivity contribution in [2.45, 2.75) is 26.0 Å². The maximum Gasteiger partial charge on any atom is 0.0733 e. The van der Waals surface area contributed by atoms with E-state index in [0.29, 0.717) is 6.54 Å². The zero-order valence-corrected chi connectivity index (χ0v) is 8.22. The first-order valence-electron chi connectivity index (χ1n) is 4.90. The highest BCUT2D eigenvalue weighted by atomic mass is 16.3. The van der Waals surface area contributed by atoms with E-state index in [2.05, 4.69) is 5.10 Å². The molecule has 0 saturated carbocycles. The number of hydrogen-bond donors (Lipinski definition) is 1. The average molecular weight is 190 g/mol. The fraction of sp³-hybridized carbons (Fsp3) is 0.364. The van der Waals surface area contributed by atoms with Gasteiger partial charge in [-0.1, -0.05) is 25.1 Å². The molecule has 14 heavy (non-hydrogen) atoms. The van der Waals surface area contributed by atoms with E-state index < -0.39 is 0 Å². The molecule has 1 aromatic carbocycles. The Labute approximate surface area is 83.0 Å². The fourth-order valence-corrected chi connectivity index (χ4v) is 1.50. The van der Waals surface area contributed by atoms with Crippen LogP contribution in [0.2, 0.25) is 0 Å². The normalized spacial score (nSPS) is 13.3. The summed E-state index contributed by atoms with van der Waals surface area (Å²) < 4.78 is 1.85. The van der Waals surface area contributed by atoms with Crippen LogP contribution in [0.3, 0.4) is 0 Å². The molecular weight excluding hydrogens is 176 g/mol. The van der Waals surface area contributed by atoms with Crippen molar-refractivity contribution < 1.29 is 5.11 Å². The molecule has 0 aliphatic heterocycles. The van der Waals surface area contributed by atoms with Gasteiger partial charge in [0.05, 0.1) is 24.4 Å². The minimum Gasteiger partial charge on any atom is -0.391 e. The van der Waals surface area contributed by atoms with Gasteiger partial charge < -0.3 is 5.11 Å². The van der Waals surface area contributed by atoms with Gasteiger partial charge in [0.1, 0.15) is 0 Å². The Morgan fingerprint density at radius 2 is 2.21 bits per heavy atom. The lowest BCUT2D eigenvalue weighted by Gasteiger charge is -2.08. The third kappa shape index (κ3) is 1.63. The van der Waals surface area contributed by atoms with Crippen molar-refractivity contribution in [2.24, 2.45) is 0 Å². The molecule has 0 aliphatic rings. The number of nitrogens with zero attached hydrogens (tertiary/aromatic N) is 2. The number of aliphatic hydroxyl groups excluding tert-OH is 1. The van der Waals surface area contributed by atoms with Crippen molar-refractivity contribution in [1.82, 2.24) is 9.78 Å². The first kappa shape index (κ1) is 9.21. The molecule has 74 valence electrons. The van der Waals surface area contributed by atoms with Crippen molar-refractivity contribution in [1.29, 1.82) is 0 Å². The summed E-state index contributed by atoms with van der Waals surface area (Å²) in [5, 5.41) is 14.9. The SMILES string of the molecule is CCC(O)Cn1ncc2ccccc21. The summed E-state index contributed by atoms with van der Waals surface area (Å²) in [6, 6.07) is 8.02. The highest BCUT2D eigenvalue weighted by Gasteiger charge is 2.05. The van der Waals surface area contributed by atoms with E-state index in [-0.39, 0.29) is 6.10 Å². The molecule has 0 radical (unpaired) electrons. The molecule has 1 atom stereocenters. The lowest BCUT2D eigenvalue weighted by molar-refractivity contribution is 0.147. The number of benzene rings is 1. The van der Waals surface area contributed by atoms with Gasteiger partial charge >= 0.3 is 0 Å². The van der Waals surface area contributed by atoms with Crippen molar-refractivity contribution in [3.63, 3.8) is 0 Å². The number of fused-ring (bicyclic) bond motifs is 1. The predicted octanol–water partition coefficient (Wildman–Crippen LogP) is 1.81. The van der Waals surface area contributed by atoms with Gasteiger partial charge in [0.2, 0.25) is 0 Å².